The summed E-state index contributed by atoms with van der Waals surface area (Å²) in [5, 5.41) is 3.62. The summed E-state index contributed by atoms with van der Waals surface area (Å²) in [6, 6.07) is 7.15. The molecular formula is C16H20ClN6O2+. The molecule has 25 heavy (non-hydrogen) atoms. The molecule has 9 heteroatoms. The Bertz CT molecular complexity index is 1050. The van der Waals surface area contributed by atoms with Crippen LogP contribution in [-0.2, 0) is 20.6 Å². The van der Waals surface area contributed by atoms with Gasteiger partial charge in [0.2, 0.25) is 5.95 Å². The minimum Gasteiger partial charge on any atom is -0.356 e. The first-order valence-electron chi connectivity index (χ1n) is 7.88. The lowest BCUT2D eigenvalue weighted by Gasteiger charge is -2.09. The third kappa shape index (κ3) is 2.94. The SMILES string of the molecule is Cn1c(NCC[NH3+])nc2c1c(=O)n(Cc1ccccc1Cl)c(=O)n2C. The lowest BCUT2D eigenvalue weighted by molar-refractivity contribution is -0.362. The molecule has 0 aliphatic carbocycles. The smallest absolute Gasteiger partial charge is 0.332 e. The highest BCUT2D eigenvalue weighted by atomic mass is 35.5. The third-order valence-corrected chi connectivity index (χ3v) is 4.47. The second kappa shape index (κ2) is 6.73. The van der Waals surface area contributed by atoms with Gasteiger partial charge >= 0.3 is 5.69 Å². The van der Waals surface area contributed by atoms with Crippen molar-refractivity contribution in [2.75, 3.05) is 18.4 Å². The molecule has 3 rings (SSSR count). The maximum Gasteiger partial charge on any atom is 0.332 e. The summed E-state index contributed by atoms with van der Waals surface area (Å²) in [5.41, 5.74) is 4.36. The zero-order valence-electron chi connectivity index (χ0n) is 14.1. The Morgan fingerprint density at radius 1 is 1.20 bits per heavy atom. The fourth-order valence-electron chi connectivity index (χ4n) is 2.74. The van der Waals surface area contributed by atoms with Crippen LogP contribution in [0.15, 0.2) is 33.9 Å². The van der Waals surface area contributed by atoms with E-state index in [1.807, 2.05) is 6.07 Å². The number of nitrogens with one attached hydrogen (secondary N) is 1. The van der Waals surface area contributed by atoms with E-state index in [9.17, 15) is 9.59 Å². The Hall–Kier alpha value is -2.58. The van der Waals surface area contributed by atoms with Crippen LogP contribution in [0.5, 0.6) is 0 Å². The van der Waals surface area contributed by atoms with Gasteiger partial charge in [-0.3, -0.25) is 13.9 Å². The second-order valence-electron chi connectivity index (χ2n) is 5.77. The average molecular weight is 364 g/mol. The van der Waals surface area contributed by atoms with E-state index in [0.29, 0.717) is 40.8 Å². The second-order valence-corrected chi connectivity index (χ2v) is 6.18. The Morgan fingerprint density at radius 3 is 2.60 bits per heavy atom. The molecule has 0 saturated carbocycles. The van der Waals surface area contributed by atoms with E-state index < -0.39 is 11.2 Å². The molecule has 0 atom stereocenters. The number of quaternary nitrogens is 1. The van der Waals surface area contributed by atoms with Crippen molar-refractivity contribution in [3.05, 3.63) is 55.7 Å². The molecule has 3 aromatic rings. The number of anilines is 1. The van der Waals surface area contributed by atoms with Crippen molar-refractivity contribution in [1.29, 1.82) is 0 Å². The van der Waals surface area contributed by atoms with E-state index >= 15 is 0 Å². The van der Waals surface area contributed by atoms with Crippen LogP contribution >= 0.6 is 11.6 Å². The van der Waals surface area contributed by atoms with Crippen LogP contribution in [0.2, 0.25) is 5.02 Å². The summed E-state index contributed by atoms with van der Waals surface area (Å²) in [7, 11) is 3.35. The molecule has 0 amide bonds. The average Bonchev–Trinajstić information content (AvgIpc) is 2.93. The highest BCUT2D eigenvalue weighted by Gasteiger charge is 2.18. The molecule has 0 aliphatic heterocycles. The van der Waals surface area contributed by atoms with Crippen molar-refractivity contribution in [2.24, 2.45) is 14.1 Å². The number of aromatic nitrogens is 4. The normalized spacial score (nSPS) is 11.2. The molecule has 8 nitrogen and oxygen atoms in total. The molecule has 2 heterocycles. The lowest BCUT2D eigenvalue weighted by atomic mass is 10.2. The molecule has 0 bridgehead atoms. The molecule has 1 aromatic carbocycles. The molecule has 4 N–H and O–H groups in total. The standard InChI is InChI=1S/C16H19ClN6O2/c1-21-12-13(20-15(21)19-8-7-18)22(2)16(25)23(14(12)24)9-10-5-3-4-6-11(10)17/h3-6H,7-9,18H2,1-2H3,(H,19,20)/p+1. The lowest BCUT2D eigenvalue weighted by Crippen LogP contribution is -2.53. The maximum absolute atomic E-state index is 12.9. The number of nitrogens with zero attached hydrogens (tertiary/aromatic N) is 4. The van der Waals surface area contributed by atoms with Gasteiger partial charge in [0.05, 0.1) is 19.6 Å². The van der Waals surface area contributed by atoms with E-state index in [1.54, 1.807) is 36.9 Å². The zero-order valence-corrected chi connectivity index (χ0v) is 14.9. The summed E-state index contributed by atoms with van der Waals surface area (Å²) < 4.78 is 4.22. The Labute approximate surface area is 148 Å². The first kappa shape index (κ1) is 17.2. The van der Waals surface area contributed by atoms with Gasteiger partial charge in [0.25, 0.3) is 5.56 Å². The van der Waals surface area contributed by atoms with Crippen LogP contribution in [-0.4, -0.2) is 31.8 Å². The largest absolute Gasteiger partial charge is 0.356 e. The maximum atomic E-state index is 12.9. The fraction of sp³-hybridized carbons (Fsp3) is 0.312. The van der Waals surface area contributed by atoms with Crippen LogP contribution in [0.25, 0.3) is 11.2 Å². The van der Waals surface area contributed by atoms with Crippen molar-refractivity contribution in [2.45, 2.75) is 6.54 Å². The molecule has 0 spiro atoms. The van der Waals surface area contributed by atoms with Gasteiger partial charge in [-0.1, -0.05) is 29.8 Å². The van der Waals surface area contributed by atoms with E-state index in [-0.39, 0.29) is 6.54 Å². The Kier molecular flexibility index (Phi) is 4.65. The van der Waals surface area contributed by atoms with Crippen molar-refractivity contribution in [1.82, 2.24) is 18.7 Å². The summed E-state index contributed by atoms with van der Waals surface area (Å²) in [5.74, 6) is 0.529. The number of halogens is 1. The van der Waals surface area contributed by atoms with Crippen LogP contribution in [0.4, 0.5) is 5.95 Å². The van der Waals surface area contributed by atoms with Gasteiger partial charge in [0.1, 0.15) is 0 Å². The van der Waals surface area contributed by atoms with E-state index in [0.717, 1.165) is 0 Å². The highest BCUT2D eigenvalue weighted by Crippen LogP contribution is 2.16. The van der Waals surface area contributed by atoms with E-state index in [4.69, 9.17) is 11.6 Å². The van der Waals surface area contributed by atoms with Crippen LogP contribution in [0, 0.1) is 0 Å². The number of hydrogen-bond acceptors (Lipinski definition) is 4. The van der Waals surface area contributed by atoms with E-state index in [2.05, 4.69) is 16.0 Å². The van der Waals surface area contributed by atoms with Gasteiger partial charge in [0, 0.05) is 19.1 Å². The summed E-state index contributed by atoms with van der Waals surface area (Å²) >= 11 is 6.17. The number of aryl methyl sites for hydroxylation is 2. The molecule has 0 radical (unpaired) electrons. The van der Waals surface area contributed by atoms with Gasteiger partial charge in [-0.25, -0.2) is 4.79 Å². The third-order valence-electron chi connectivity index (χ3n) is 4.11. The molecule has 0 aliphatic rings. The number of rotatable bonds is 5. The van der Waals surface area contributed by atoms with Gasteiger partial charge in [-0.2, -0.15) is 4.98 Å². The summed E-state index contributed by atoms with van der Waals surface area (Å²) in [6.45, 7) is 1.41. The van der Waals surface area contributed by atoms with Crippen LogP contribution in [0.1, 0.15) is 5.56 Å². The van der Waals surface area contributed by atoms with Crippen molar-refractivity contribution in [3.63, 3.8) is 0 Å². The summed E-state index contributed by atoms with van der Waals surface area (Å²) in [6.07, 6.45) is 0. The molecular weight excluding hydrogens is 344 g/mol. The minimum absolute atomic E-state index is 0.105. The first-order valence-corrected chi connectivity index (χ1v) is 8.26. The monoisotopic (exact) mass is 363 g/mol. The van der Waals surface area contributed by atoms with Crippen molar-refractivity contribution in [3.8, 4) is 0 Å². The number of imidazole rings is 1. The van der Waals surface area contributed by atoms with Gasteiger partial charge in [0.15, 0.2) is 11.2 Å². The molecule has 0 fully saturated rings. The fourth-order valence-corrected chi connectivity index (χ4v) is 2.93. The topological polar surface area (TPSA) is 101 Å². The highest BCUT2D eigenvalue weighted by molar-refractivity contribution is 6.31. The molecule has 132 valence electrons. The predicted molar refractivity (Wildman–Crippen MR) is 97.0 cm³/mol. The quantitative estimate of drug-likeness (QED) is 0.654. The van der Waals surface area contributed by atoms with Gasteiger partial charge in [-0.05, 0) is 11.6 Å². The first-order chi connectivity index (χ1) is 12.0. The van der Waals surface area contributed by atoms with Crippen LogP contribution in [0.3, 0.4) is 0 Å². The number of hydrogen-bond donors (Lipinski definition) is 2. The van der Waals surface area contributed by atoms with Crippen molar-refractivity contribution < 1.29 is 5.73 Å². The Morgan fingerprint density at radius 2 is 1.92 bits per heavy atom. The number of benzene rings is 1. The Balaban J connectivity index is 2.21. The molecule has 2 aromatic heterocycles. The van der Waals surface area contributed by atoms with Gasteiger partial charge in [-0.15, -0.1) is 0 Å². The van der Waals surface area contributed by atoms with Crippen molar-refractivity contribution >= 4 is 28.7 Å². The zero-order chi connectivity index (χ0) is 18.1. The van der Waals surface area contributed by atoms with Crippen LogP contribution < -0.4 is 22.3 Å². The number of fused-ring (bicyclic) bond motifs is 1. The minimum atomic E-state index is -0.431. The van der Waals surface area contributed by atoms with E-state index in [1.165, 1.54) is 9.13 Å². The predicted octanol–water partition coefficient (Wildman–Crippen LogP) is -0.211. The summed E-state index contributed by atoms with van der Waals surface area (Å²) in [4.78, 5) is 30.0. The van der Waals surface area contributed by atoms with Gasteiger partial charge < -0.3 is 15.6 Å². The molecule has 0 unspecified atom stereocenters. The molecule has 0 saturated heterocycles.